The summed E-state index contributed by atoms with van der Waals surface area (Å²) in [5.41, 5.74) is -0.632. The van der Waals surface area contributed by atoms with Gasteiger partial charge in [0, 0.05) is 19.7 Å². The Morgan fingerprint density at radius 3 is 2.71 bits per heavy atom. The first kappa shape index (κ1) is 19.3. The summed E-state index contributed by atoms with van der Waals surface area (Å²) in [6.45, 7) is 0.448. The van der Waals surface area contributed by atoms with E-state index in [9.17, 15) is 18.3 Å². The van der Waals surface area contributed by atoms with Crippen LogP contribution in [0.3, 0.4) is 0 Å². The number of nitrogens with zero attached hydrogens (tertiary/aromatic N) is 1. The molecule has 2 rings (SSSR count). The van der Waals surface area contributed by atoms with Gasteiger partial charge in [-0.15, -0.1) is 0 Å². The maximum absolute atomic E-state index is 11.5. The lowest BCUT2D eigenvalue weighted by Crippen LogP contribution is -2.50. The Hall–Kier alpha value is -1.06. The maximum atomic E-state index is 11.5. The number of benzene rings is 1. The van der Waals surface area contributed by atoms with E-state index in [1.165, 1.54) is 4.90 Å². The second kappa shape index (κ2) is 7.45. The predicted molar refractivity (Wildman–Crippen MR) is 91.2 cm³/mol. The van der Waals surface area contributed by atoms with Crippen molar-refractivity contribution in [2.24, 2.45) is 0 Å². The molecular weight excluding hydrogens is 379 g/mol. The smallest absolute Gasteiger partial charge is 0.407 e. The van der Waals surface area contributed by atoms with E-state index in [0.29, 0.717) is 23.6 Å². The Bertz CT molecular complexity index is 728. The Morgan fingerprint density at radius 1 is 1.42 bits per heavy atom. The zero-order valence-corrected chi connectivity index (χ0v) is 15.3. The molecule has 10 heteroatoms. The minimum Gasteiger partial charge on any atom is -0.465 e. The van der Waals surface area contributed by atoms with Crippen LogP contribution in [0.4, 0.5) is 4.79 Å². The van der Waals surface area contributed by atoms with E-state index in [1.54, 1.807) is 18.2 Å². The van der Waals surface area contributed by atoms with Gasteiger partial charge in [0.05, 0.1) is 22.8 Å². The summed E-state index contributed by atoms with van der Waals surface area (Å²) < 4.78 is 31.4. The fourth-order valence-corrected chi connectivity index (χ4v) is 3.32. The highest BCUT2D eigenvalue weighted by molar-refractivity contribution is 7.88. The van der Waals surface area contributed by atoms with E-state index in [0.717, 1.165) is 6.26 Å². The van der Waals surface area contributed by atoms with Crippen molar-refractivity contribution in [2.75, 3.05) is 32.5 Å². The number of carbonyl (C=O) groups is 1. The van der Waals surface area contributed by atoms with Gasteiger partial charge < -0.3 is 14.7 Å². The van der Waals surface area contributed by atoms with Gasteiger partial charge in [-0.25, -0.2) is 17.9 Å². The van der Waals surface area contributed by atoms with Crippen molar-refractivity contribution in [1.29, 1.82) is 0 Å². The lowest BCUT2D eigenvalue weighted by atomic mass is 9.93. The first-order chi connectivity index (χ1) is 11.1. The summed E-state index contributed by atoms with van der Waals surface area (Å²) in [5, 5.41) is 9.98. The van der Waals surface area contributed by atoms with E-state index < -0.39 is 21.7 Å². The molecule has 0 spiro atoms. The van der Waals surface area contributed by atoms with Crippen molar-refractivity contribution in [3.63, 3.8) is 0 Å². The van der Waals surface area contributed by atoms with Crippen LogP contribution >= 0.6 is 23.2 Å². The molecule has 1 aliphatic heterocycles. The van der Waals surface area contributed by atoms with Crippen LogP contribution in [0.25, 0.3) is 0 Å². The van der Waals surface area contributed by atoms with Crippen LogP contribution in [-0.4, -0.2) is 57.0 Å². The molecular formula is C14H18Cl2N2O5S. The number of carboxylic acid groups (broad SMARTS) is 1. The Morgan fingerprint density at radius 2 is 2.12 bits per heavy atom. The minimum absolute atomic E-state index is 0.0250. The lowest BCUT2D eigenvalue weighted by molar-refractivity contribution is -0.0447. The molecule has 1 aromatic rings. The lowest BCUT2D eigenvalue weighted by Gasteiger charge is -2.35. The third-order valence-electron chi connectivity index (χ3n) is 3.73. The number of hydrogen-bond acceptors (Lipinski definition) is 4. The average Bonchev–Trinajstić information content (AvgIpc) is 2.71. The predicted octanol–water partition coefficient (Wildman–Crippen LogP) is 2.14. The summed E-state index contributed by atoms with van der Waals surface area (Å²) in [6.07, 6.45) is 0.444. The second-order valence-electron chi connectivity index (χ2n) is 5.62. The van der Waals surface area contributed by atoms with Crippen molar-refractivity contribution < 1.29 is 23.1 Å². The highest BCUT2D eigenvalue weighted by atomic mass is 35.5. The molecule has 0 aromatic heterocycles. The summed E-state index contributed by atoms with van der Waals surface area (Å²) >= 11 is 12.0. The van der Waals surface area contributed by atoms with Crippen LogP contribution in [0.2, 0.25) is 10.0 Å². The maximum Gasteiger partial charge on any atom is 0.407 e. The quantitative estimate of drug-likeness (QED) is 0.812. The highest BCUT2D eigenvalue weighted by Crippen LogP contribution is 2.33. The van der Waals surface area contributed by atoms with E-state index in [4.69, 9.17) is 27.9 Å². The molecule has 1 saturated heterocycles. The van der Waals surface area contributed by atoms with Gasteiger partial charge in [-0.1, -0.05) is 29.3 Å². The zero-order valence-electron chi connectivity index (χ0n) is 13.0. The summed E-state index contributed by atoms with van der Waals surface area (Å²) in [7, 11) is -3.49. The van der Waals surface area contributed by atoms with Gasteiger partial charge in [-0.3, -0.25) is 0 Å². The molecule has 1 aliphatic rings. The number of halogens is 2. The monoisotopic (exact) mass is 396 g/mol. The summed E-state index contributed by atoms with van der Waals surface area (Å²) in [6, 6.07) is 4.80. The number of nitrogens with one attached hydrogen (secondary N) is 1. The van der Waals surface area contributed by atoms with Crippen molar-refractivity contribution in [1.82, 2.24) is 9.62 Å². The Labute approximate surface area is 150 Å². The van der Waals surface area contributed by atoms with Gasteiger partial charge in [0.25, 0.3) is 0 Å². The standard InChI is InChI=1S/C14H18Cl2N2O5S/c1-24(21,22)17-8-14(10-3-4-11(15)12(16)7-10)9-18(13(19)20)5-2-6-23-14/h3-4,7,17H,2,5-6,8-9H2,1H3,(H,19,20). The molecule has 2 N–H and O–H groups in total. The molecule has 7 nitrogen and oxygen atoms in total. The fourth-order valence-electron chi connectivity index (χ4n) is 2.53. The third kappa shape index (κ3) is 4.73. The van der Waals surface area contributed by atoms with Gasteiger partial charge in [0.15, 0.2) is 0 Å². The molecule has 1 amide bonds. The number of ether oxygens (including phenoxy) is 1. The van der Waals surface area contributed by atoms with Gasteiger partial charge in [-0.2, -0.15) is 0 Å². The second-order valence-corrected chi connectivity index (χ2v) is 8.27. The third-order valence-corrected chi connectivity index (χ3v) is 5.14. The zero-order chi connectivity index (χ0) is 18.0. The fraction of sp³-hybridized carbons (Fsp3) is 0.500. The number of amides is 1. The normalized spacial score (nSPS) is 22.2. The molecule has 1 fully saturated rings. The number of sulfonamides is 1. The first-order valence-corrected chi connectivity index (χ1v) is 9.80. The van der Waals surface area contributed by atoms with Crippen LogP contribution in [0.1, 0.15) is 12.0 Å². The first-order valence-electron chi connectivity index (χ1n) is 7.15. The molecule has 0 saturated carbocycles. The van der Waals surface area contributed by atoms with Crippen molar-refractivity contribution >= 4 is 39.3 Å². The van der Waals surface area contributed by atoms with Crippen LogP contribution in [-0.2, 0) is 20.4 Å². The Kier molecular flexibility index (Phi) is 5.98. The van der Waals surface area contributed by atoms with E-state index in [2.05, 4.69) is 4.72 Å². The van der Waals surface area contributed by atoms with E-state index >= 15 is 0 Å². The van der Waals surface area contributed by atoms with Crippen molar-refractivity contribution in [3.8, 4) is 0 Å². The van der Waals surface area contributed by atoms with E-state index in [-0.39, 0.29) is 24.7 Å². The molecule has 0 bridgehead atoms. The highest BCUT2D eigenvalue weighted by Gasteiger charge is 2.39. The van der Waals surface area contributed by atoms with Crippen LogP contribution in [0.5, 0.6) is 0 Å². The molecule has 1 heterocycles. The molecule has 1 atom stereocenters. The molecule has 24 heavy (non-hydrogen) atoms. The SMILES string of the molecule is CS(=O)(=O)NCC1(c2ccc(Cl)c(Cl)c2)CN(C(=O)O)CCCO1. The van der Waals surface area contributed by atoms with Crippen LogP contribution in [0.15, 0.2) is 18.2 Å². The van der Waals surface area contributed by atoms with Gasteiger partial charge >= 0.3 is 6.09 Å². The average molecular weight is 397 g/mol. The molecule has 134 valence electrons. The van der Waals surface area contributed by atoms with Crippen molar-refractivity contribution in [3.05, 3.63) is 33.8 Å². The van der Waals surface area contributed by atoms with Crippen LogP contribution < -0.4 is 4.72 Å². The molecule has 0 radical (unpaired) electrons. The molecule has 1 aromatic carbocycles. The van der Waals surface area contributed by atoms with E-state index in [1.807, 2.05) is 0 Å². The Balaban J connectivity index is 2.46. The largest absolute Gasteiger partial charge is 0.465 e. The van der Waals surface area contributed by atoms with Gasteiger partial charge in [0.2, 0.25) is 10.0 Å². The van der Waals surface area contributed by atoms with Crippen molar-refractivity contribution in [2.45, 2.75) is 12.0 Å². The van der Waals surface area contributed by atoms with Gasteiger partial charge in [0.1, 0.15) is 5.60 Å². The van der Waals surface area contributed by atoms with Gasteiger partial charge in [-0.05, 0) is 24.1 Å². The molecule has 1 unspecified atom stereocenters. The van der Waals surface area contributed by atoms with Crippen LogP contribution in [0, 0.1) is 0 Å². The molecule has 0 aliphatic carbocycles. The topological polar surface area (TPSA) is 95.9 Å². The minimum atomic E-state index is -3.49. The number of rotatable bonds is 4. The summed E-state index contributed by atoms with van der Waals surface area (Å²) in [5.74, 6) is 0. The number of hydrogen-bond donors (Lipinski definition) is 2. The summed E-state index contributed by atoms with van der Waals surface area (Å²) in [4.78, 5) is 12.6.